The van der Waals surface area contributed by atoms with E-state index in [1.807, 2.05) is 0 Å². The largest absolute Gasteiger partial charge is 0.299 e. The molecule has 0 bridgehead atoms. The van der Waals surface area contributed by atoms with Gasteiger partial charge in [0, 0.05) is 19.5 Å². The predicted molar refractivity (Wildman–Crippen MR) is 108 cm³/mol. The molecule has 0 aliphatic carbocycles. The van der Waals surface area contributed by atoms with Crippen molar-refractivity contribution < 1.29 is 10.0 Å². The van der Waals surface area contributed by atoms with Gasteiger partial charge >= 0.3 is 0 Å². The van der Waals surface area contributed by atoms with Crippen molar-refractivity contribution in [3.05, 3.63) is 59.7 Å². The first-order valence-electron chi connectivity index (χ1n) is 10.1. The lowest BCUT2D eigenvalue weighted by molar-refractivity contribution is -0.129. The average molecular weight is 367 g/mol. The molecule has 0 atom stereocenters. The zero-order valence-corrected chi connectivity index (χ0v) is 16.0. The van der Waals surface area contributed by atoms with E-state index in [9.17, 15) is 4.79 Å². The van der Waals surface area contributed by atoms with Gasteiger partial charge in [0.15, 0.2) is 0 Å². The number of unbranched alkanes of at least 4 members (excludes halogenated alkanes) is 4. The molecule has 4 nitrogen and oxygen atoms in total. The van der Waals surface area contributed by atoms with E-state index in [4.69, 9.17) is 5.21 Å². The Hall–Kier alpha value is -2.17. The Morgan fingerprint density at radius 3 is 2.52 bits per heavy atom. The van der Waals surface area contributed by atoms with Crippen LogP contribution in [0.3, 0.4) is 0 Å². The van der Waals surface area contributed by atoms with Crippen LogP contribution < -0.4 is 5.48 Å². The lowest BCUT2D eigenvalue weighted by Gasteiger charge is -2.29. The van der Waals surface area contributed by atoms with Crippen LogP contribution in [0.2, 0.25) is 0 Å². The third kappa shape index (κ3) is 5.91. The molecule has 144 valence electrons. The molecule has 1 aliphatic rings. The molecule has 0 aromatic heterocycles. The van der Waals surface area contributed by atoms with Gasteiger partial charge in [0.05, 0.1) is 0 Å². The van der Waals surface area contributed by atoms with Gasteiger partial charge in [-0.3, -0.25) is 14.9 Å². The second-order valence-electron chi connectivity index (χ2n) is 7.43. The number of rotatable bonds is 9. The lowest BCUT2D eigenvalue weighted by atomic mass is 9.94. The van der Waals surface area contributed by atoms with Gasteiger partial charge in [-0.15, -0.1) is 0 Å². The molecule has 2 aromatic rings. The molecular formula is C23H30N2O2. The molecule has 0 radical (unpaired) electrons. The highest BCUT2D eigenvalue weighted by Gasteiger charge is 2.16. The van der Waals surface area contributed by atoms with Gasteiger partial charge < -0.3 is 0 Å². The maximum Gasteiger partial charge on any atom is 0.243 e. The van der Waals surface area contributed by atoms with Crippen LogP contribution in [-0.2, 0) is 17.8 Å². The zero-order valence-electron chi connectivity index (χ0n) is 16.0. The molecule has 3 rings (SSSR count). The second-order valence-corrected chi connectivity index (χ2v) is 7.43. The minimum atomic E-state index is -0.281. The van der Waals surface area contributed by atoms with Crippen LogP contribution in [0.1, 0.15) is 49.7 Å². The summed E-state index contributed by atoms with van der Waals surface area (Å²) in [6.45, 7) is 3.34. The highest BCUT2D eigenvalue weighted by Crippen LogP contribution is 2.26. The topological polar surface area (TPSA) is 52.6 Å². The number of hydroxylamine groups is 1. The minimum Gasteiger partial charge on any atom is -0.299 e. The molecule has 1 heterocycles. The number of amides is 1. The number of carbonyl (C=O) groups excluding carboxylic acids is 1. The van der Waals surface area contributed by atoms with E-state index < -0.39 is 0 Å². The summed E-state index contributed by atoms with van der Waals surface area (Å²) in [6.07, 6.45) is 7.03. The number of benzene rings is 2. The zero-order chi connectivity index (χ0) is 18.9. The van der Waals surface area contributed by atoms with Crippen LogP contribution in [0.5, 0.6) is 0 Å². The van der Waals surface area contributed by atoms with E-state index >= 15 is 0 Å². The summed E-state index contributed by atoms with van der Waals surface area (Å²) in [5, 5.41) is 8.47. The van der Waals surface area contributed by atoms with Crippen molar-refractivity contribution in [1.29, 1.82) is 0 Å². The van der Waals surface area contributed by atoms with Gasteiger partial charge in [-0.2, -0.15) is 0 Å². The number of hydrogen-bond donors (Lipinski definition) is 2. The van der Waals surface area contributed by atoms with E-state index in [0.29, 0.717) is 6.42 Å². The quantitative estimate of drug-likeness (QED) is 0.389. The molecule has 1 amide bonds. The van der Waals surface area contributed by atoms with Gasteiger partial charge in [-0.1, -0.05) is 61.7 Å². The lowest BCUT2D eigenvalue weighted by Crippen LogP contribution is -2.31. The van der Waals surface area contributed by atoms with Crippen molar-refractivity contribution in [3.8, 4) is 11.1 Å². The third-order valence-electron chi connectivity index (χ3n) is 5.41. The molecule has 0 fully saturated rings. The summed E-state index contributed by atoms with van der Waals surface area (Å²) in [4.78, 5) is 13.5. The van der Waals surface area contributed by atoms with Crippen molar-refractivity contribution in [2.75, 3.05) is 13.1 Å². The van der Waals surface area contributed by atoms with E-state index in [0.717, 1.165) is 45.3 Å². The number of nitrogens with zero attached hydrogens (tertiary/aromatic N) is 1. The SMILES string of the molecule is O=C(CCCCCCCN1CCc2ccc(-c3ccccc3)cc2C1)NO. The molecule has 0 saturated heterocycles. The van der Waals surface area contributed by atoms with Gasteiger partial charge in [0.1, 0.15) is 0 Å². The highest BCUT2D eigenvalue weighted by molar-refractivity contribution is 5.74. The normalized spacial score (nSPS) is 14.0. The van der Waals surface area contributed by atoms with Crippen molar-refractivity contribution in [2.24, 2.45) is 0 Å². The molecule has 0 spiro atoms. The first kappa shape index (κ1) is 19.6. The van der Waals surface area contributed by atoms with Crippen LogP contribution in [-0.4, -0.2) is 29.1 Å². The Kier molecular flexibility index (Phi) is 7.43. The summed E-state index contributed by atoms with van der Waals surface area (Å²) < 4.78 is 0. The van der Waals surface area contributed by atoms with Gasteiger partial charge in [0.2, 0.25) is 5.91 Å². The van der Waals surface area contributed by atoms with Crippen molar-refractivity contribution >= 4 is 5.91 Å². The Balaban J connectivity index is 1.42. The molecule has 27 heavy (non-hydrogen) atoms. The maximum absolute atomic E-state index is 11.0. The number of fused-ring (bicyclic) bond motifs is 1. The fourth-order valence-electron chi connectivity index (χ4n) is 3.82. The number of nitrogens with one attached hydrogen (secondary N) is 1. The molecule has 4 heteroatoms. The monoisotopic (exact) mass is 366 g/mol. The van der Waals surface area contributed by atoms with Crippen LogP contribution in [0.15, 0.2) is 48.5 Å². The van der Waals surface area contributed by atoms with Crippen molar-refractivity contribution in [1.82, 2.24) is 10.4 Å². The predicted octanol–water partition coefficient (Wildman–Crippen LogP) is 4.56. The van der Waals surface area contributed by atoms with Crippen LogP contribution in [0, 0.1) is 0 Å². The molecule has 2 N–H and O–H groups in total. The Morgan fingerprint density at radius 2 is 1.70 bits per heavy atom. The molecular weight excluding hydrogens is 336 g/mol. The average Bonchev–Trinajstić information content (AvgIpc) is 2.73. The summed E-state index contributed by atoms with van der Waals surface area (Å²) in [5.41, 5.74) is 7.24. The van der Waals surface area contributed by atoms with Gasteiger partial charge in [-0.25, -0.2) is 5.48 Å². The van der Waals surface area contributed by atoms with Gasteiger partial charge in [0.25, 0.3) is 0 Å². The van der Waals surface area contributed by atoms with Gasteiger partial charge in [-0.05, 0) is 54.1 Å². The Morgan fingerprint density at radius 1 is 0.926 bits per heavy atom. The van der Waals surface area contributed by atoms with E-state index in [-0.39, 0.29) is 5.91 Å². The highest BCUT2D eigenvalue weighted by atomic mass is 16.5. The van der Waals surface area contributed by atoms with Crippen LogP contribution in [0.4, 0.5) is 0 Å². The van der Waals surface area contributed by atoms with Crippen molar-refractivity contribution in [3.63, 3.8) is 0 Å². The van der Waals surface area contributed by atoms with Crippen molar-refractivity contribution in [2.45, 2.75) is 51.5 Å². The first-order chi connectivity index (χ1) is 13.3. The summed E-state index contributed by atoms with van der Waals surface area (Å²) in [7, 11) is 0. The Labute approximate surface area is 162 Å². The first-order valence-corrected chi connectivity index (χ1v) is 10.1. The van der Waals surface area contributed by atoms with E-state index in [1.54, 1.807) is 5.48 Å². The second kappa shape index (κ2) is 10.2. The molecule has 1 aliphatic heterocycles. The molecule has 0 unspecified atom stereocenters. The molecule has 0 saturated carbocycles. The smallest absolute Gasteiger partial charge is 0.243 e. The summed E-state index contributed by atoms with van der Waals surface area (Å²) >= 11 is 0. The molecule has 2 aromatic carbocycles. The standard InChI is InChI=1S/C23H30N2O2/c26-23(24-27)11-7-2-1-3-8-15-25-16-14-20-12-13-21(17-22(20)18-25)19-9-5-4-6-10-19/h4-6,9-10,12-13,17,27H,1-3,7-8,11,14-16,18H2,(H,24,26). The van der Waals surface area contributed by atoms with E-state index in [2.05, 4.69) is 53.4 Å². The third-order valence-corrected chi connectivity index (χ3v) is 5.41. The summed E-state index contributed by atoms with van der Waals surface area (Å²) in [6, 6.07) is 17.5. The fourth-order valence-corrected chi connectivity index (χ4v) is 3.82. The number of carbonyl (C=O) groups is 1. The van der Waals surface area contributed by atoms with E-state index in [1.165, 1.54) is 35.1 Å². The fraction of sp³-hybridized carbons (Fsp3) is 0.435. The Bertz CT molecular complexity index is 730. The van der Waals surface area contributed by atoms with Crippen LogP contribution >= 0.6 is 0 Å². The minimum absolute atomic E-state index is 0.281. The van der Waals surface area contributed by atoms with Crippen LogP contribution in [0.25, 0.3) is 11.1 Å². The number of hydrogen-bond acceptors (Lipinski definition) is 3. The summed E-state index contributed by atoms with van der Waals surface area (Å²) in [5.74, 6) is -0.281. The maximum atomic E-state index is 11.0.